The summed E-state index contributed by atoms with van der Waals surface area (Å²) in [6.07, 6.45) is -5.69. The van der Waals surface area contributed by atoms with E-state index in [1.54, 1.807) is 6.92 Å². The van der Waals surface area contributed by atoms with E-state index < -0.39 is 168 Å². The summed E-state index contributed by atoms with van der Waals surface area (Å²) in [5, 5.41) is 49.6. The van der Waals surface area contributed by atoms with E-state index in [-0.39, 0.29) is 99.8 Å². The maximum Gasteiger partial charge on any atom is 0.268 e. The molecule has 37 heteroatoms. The number of imidazole rings is 2. The second-order valence-electron chi connectivity index (χ2n) is 31.1. The van der Waals surface area contributed by atoms with E-state index in [4.69, 9.17) is 79.0 Å². The number of aliphatic hydroxyl groups is 4. The number of aryl methyl sites for hydroxylation is 2. The molecule has 8 bridgehead atoms. The Balaban J connectivity index is 0.000000623. The van der Waals surface area contributed by atoms with Crippen molar-refractivity contribution >= 4 is 94.3 Å². The first kappa shape index (κ1) is 84.8. The van der Waals surface area contributed by atoms with Crippen LogP contribution in [0.1, 0.15) is 157 Å². The Hall–Kier alpha value is -8.26. The number of amides is 7. The first-order valence-corrected chi connectivity index (χ1v) is 37.3. The SMILES string of the molecule is C/C1=C2/[N-][C@H]([C@H](CC(N)=O)[C@@]2(C)CCC(=O)NCC(C)OP(=O)([O-])O[C@H]2[C@@H](O)[C@@H](n3cnc4cc(C)c(C)cc43)O[C@@H]2CO)[C@]2(C)N=C(/C(C)=C3\N=C(C=C4N=C1C(CCC(N)=O)C4(C)C)[C@@H](CCC(N)=O)[C@]3(C)CC(N)=O)[C@@H](CCC(N)=O)[C@]2(C)CC(N)=O.[CH2-][C@H]1O[C@@H](n2cnc3c(N)ncnc32)[C@H](O)[C@@H]1O.[Co]. The number of fused-ring (bicyclic) bond motifs is 8. The van der Waals surface area contributed by atoms with Crippen LogP contribution in [0.2, 0.25) is 0 Å². The quantitative estimate of drug-likeness (QED) is 0.0301. The van der Waals surface area contributed by atoms with Gasteiger partial charge in [-0.25, -0.2) is 19.9 Å². The largest absolute Gasteiger partial charge is 0.756 e. The third kappa shape index (κ3) is 16.3. The molecule has 3 fully saturated rings. The molecular weight excluding hydrogens is 1480 g/mol. The van der Waals surface area contributed by atoms with Crippen LogP contribution in [0.3, 0.4) is 0 Å². The smallest absolute Gasteiger partial charge is 0.268 e. The predicted octanol–water partition coefficient (Wildman–Crippen LogP) is 2.17. The number of phosphoric acid groups is 1. The van der Waals surface area contributed by atoms with Gasteiger partial charge in [0.15, 0.2) is 23.9 Å². The normalized spacial score (nSPS) is 33.1. The van der Waals surface area contributed by atoms with Gasteiger partial charge in [-0.05, 0) is 125 Å². The molecule has 7 aliphatic heterocycles. The number of phosphoric ester groups is 1. The Morgan fingerprint density at radius 3 is 1.94 bits per heavy atom. The zero-order valence-electron chi connectivity index (χ0n) is 62.8. The molecule has 19 atom stereocenters. The third-order valence-corrected chi connectivity index (χ3v) is 24.6. The molecule has 0 aliphatic carbocycles. The number of nitrogens with one attached hydrogen (secondary N) is 1. The molecule has 109 heavy (non-hydrogen) atoms. The Bertz CT molecular complexity index is 4520. The number of rotatable bonds is 27. The van der Waals surface area contributed by atoms with Crippen LogP contribution in [0.5, 0.6) is 0 Å². The first-order chi connectivity index (χ1) is 50.4. The van der Waals surface area contributed by atoms with Crippen molar-refractivity contribution in [3.05, 3.63) is 88.8 Å². The van der Waals surface area contributed by atoms with Crippen molar-refractivity contribution < 1.29 is 98.7 Å². The molecule has 11 rings (SSSR count). The van der Waals surface area contributed by atoms with E-state index in [1.807, 2.05) is 80.5 Å². The van der Waals surface area contributed by atoms with Gasteiger partial charge in [0, 0.05) is 125 Å². The Labute approximate surface area is 640 Å². The molecule has 7 aliphatic rings. The van der Waals surface area contributed by atoms with Crippen LogP contribution in [-0.2, 0) is 73.4 Å². The van der Waals surface area contributed by atoms with Crippen molar-refractivity contribution in [1.82, 2.24) is 34.4 Å². The Morgan fingerprint density at radius 1 is 0.734 bits per heavy atom. The maximum atomic E-state index is 14.4. The molecular formula is C72H100CoN18O17P-3. The molecule has 597 valence electrons. The fraction of sp³-hybridized carbons (Fsp3) is 0.597. The van der Waals surface area contributed by atoms with E-state index in [2.05, 4.69) is 32.2 Å². The summed E-state index contributed by atoms with van der Waals surface area (Å²) in [6.45, 7) is 22.6. The van der Waals surface area contributed by atoms with Crippen LogP contribution in [0.25, 0.3) is 27.5 Å². The van der Waals surface area contributed by atoms with E-state index >= 15 is 0 Å². The molecule has 1 aromatic carbocycles. The van der Waals surface area contributed by atoms with Gasteiger partial charge in [0.05, 0.1) is 53.7 Å². The van der Waals surface area contributed by atoms with Crippen molar-refractivity contribution in [1.29, 1.82) is 0 Å². The number of benzene rings is 1. The molecule has 10 heterocycles. The third-order valence-electron chi connectivity index (χ3n) is 23.5. The monoisotopic (exact) mass is 1580 g/mol. The fourth-order valence-corrected chi connectivity index (χ4v) is 18.5. The summed E-state index contributed by atoms with van der Waals surface area (Å²) in [5.74, 6) is -7.16. The number of aliphatic imine (C=N–C) groups is 3. The number of anilines is 1. The van der Waals surface area contributed by atoms with Crippen LogP contribution in [0.4, 0.5) is 5.82 Å². The summed E-state index contributed by atoms with van der Waals surface area (Å²) in [7, 11) is -5.32. The molecule has 3 saturated heterocycles. The van der Waals surface area contributed by atoms with Gasteiger partial charge >= 0.3 is 0 Å². The summed E-state index contributed by atoms with van der Waals surface area (Å²) in [5.41, 5.74) is 43.2. The number of nitrogens with zero attached hydrogens (tertiary/aromatic N) is 10. The maximum absolute atomic E-state index is 14.4. The van der Waals surface area contributed by atoms with Gasteiger partial charge < -0.3 is 106 Å². The minimum absolute atomic E-state index is 0. The van der Waals surface area contributed by atoms with Crippen molar-refractivity contribution in [3.8, 4) is 0 Å². The van der Waals surface area contributed by atoms with Crippen LogP contribution >= 0.6 is 7.82 Å². The Kier molecular flexibility index (Phi) is 25.0. The van der Waals surface area contributed by atoms with Gasteiger partial charge in [0.2, 0.25) is 41.4 Å². The molecule has 0 spiro atoms. The summed E-state index contributed by atoms with van der Waals surface area (Å²) < 4.78 is 38.8. The number of nitrogen functional groups attached to an aromatic ring is 1. The van der Waals surface area contributed by atoms with Crippen molar-refractivity contribution in [2.45, 2.75) is 214 Å². The van der Waals surface area contributed by atoms with Crippen LogP contribution in [0.15, 0.2) is 80.4 Å². The molecule has 0 saturated carbocycles. The van der Waals surface area contributed by atoms with E-state index in [0.29, 0.717) is 67.6 Å². The van der Waals surface area contributed by atoms with Crippen LogP contribution < -0.4 is 50.3 Å². The van der Waals surface area contributed by atoms with Crippen LogP contribution in [-0.4, -0.2) is 175 Å². The number of carbonyl (C=O) groups is 7. The molecule has 19 N–H and O–H groups in total. The average Bonchev–Trinajstić information content (AvgIpc) is 1.53. The number of primary amides is 6. The minimum atomic E-state index is -5.32. The van der Waals surface area contributed by atoms with Gasteiger partial charge in [0.1, 0.15) is 36.3 Å². The van der Waals surface area contributed by atoms with Gasteiger partial charge in [-0.2, -0.15) is 5.70 Å². The molecule has 3 unspecified atom stereocenters. The molecule has 1 radical (unpaired) electrons. The summed E-state index contributed by atoms with van der Waals surface area (Å²) in [6, 6.07) is 2.65. The molecule has 7 amide bonds. The number of nitrogens with two attached hydrogens (primary N) is 7. The van der Waals surface area contributed by atoms with Gasteiger partial charge in [-0.1, -0.05) is 40.7 Å². The van der Waals surface area contributed by atoms with Gasteiger partial charge in [-0.3, -0.25) is 57.7 Å². The zero-order chi connectivity index (χ0) is 79.6. The van der Waals surface area contributed by atoms with Crippen LogP contribution in [0, 0.1) is 66.1 Å². The van der Waals surface area contributed by atoms with Crippen molar-refractivity contribution in [2.24, 2.45) is 94.7 Å². The zero-order valence-corrected chi connectivity index (χ0v) is 64.8. The first-order valence-electron chi connectivity index (χ1n) is 35.9. The van der Waals surface area contributed by atoms with Gasteiger partial charge in [0.25, 0.3) is 7.82 Å². The Morgan fingerprint density at radius 2 is 1.34 bits per heavy atom. The minimum Gasteiger partial charge on any atom is -0.756 e. The van der Waals surface area contributed by atoms with Gasteiger partial charge in [-0.15, -0.1) is 0 Å². The topological polar surface area (TPSA) is 584 Å². The number of carbonyl (C=O) groups excluding carboxylic acids is 7. The van der Waals surface area contributed by atoms with E-state index in [9.17, 15) is 63.4 Å². The number of aliphatic hydroxyl groups excluding tert-OH is 4. The number of hydrogen-bond acceptors (Lipinski definition) is 25. The summed E-state index contributed by atoms with van der Waals surface area (Å²) in [4.78, 5) is 140. The predicted molar refractivity (Wildman–Crippen MR) is 393 cm³/mol. The van der Waals surface area contributed by atoms with Crippen molar-refractivity contribution in [2.75, 3.05) is 18.9 Å². The second-order valence-corrected chi connectivity index (χ2v) is 32.4. The molecule has 3 aromatic heterocycles. The number of ether oxygens (including phenoxy) is 2. The van der Waals surface area contributed by atoms with E-state index in [0.717, 1.165) is 11.1 Å². The number of hydrogen-bond donors (Lipinski definition) is 12. The van der Waals surface area contributed by atoms with Crippen molar-refractivity contribution in [3.63, 3.8) is 0 Å². The summed E-state index contributed by atoms with van der Waals surface area (Å²) >= 11 is 0. The van der Waals surface area contributed by atoms with E-state index in [1.165, 1.54) is 35.0 Å². The molecule has 4 aromatic rings. The second kappa shape index (κ2) is 32.2. The average molecular weight is 1580 g/mol. The number of allylic oxidation sites excluding steroid dienone is 6. The fourth-order valence-electron chi connectivity index (χ4n) is 17.3. The molecule has 35 nitrogen and oxygen atoms in total. The standard InChI is InChI=1S/C62H90N13O14P.C10H12N5O3.Co/c1-29-20-39-40(21-30(29)2)75(28-70-39)57-52(84)53(41(27-76)87-57)89-90(85,86)88-31(3)26-69-49(83)18-19-59(8)37(22-46(66)80)56-62(11)61(10,25-48(68)82)36(14-17-45(65)79)51(74-62)33(5)55-60(9,24-47(67)81)34(12-15-43(63)77)38(71-55)23-42-58(6,7)35(13-16-44(64)78)50(72-42)32(4)54(59)73-56;1-4-6(16)7(17)10(18-4)15-3-14-5-8(11)12-2-13-9(5)15;/h20-21,23,28,31,34-37,41,52-53,56-57,76,84H,12-19,22,24-27H2,1-11H3,(H15,63,64,65,66,67,68,69,71,72,73,74,77,78,79,80,81,82,83,85,86);2-4,6-7,10,16-17H,1H2,(H2,11,12,13);/q;-1;/p-2/t31?,34-,35?,36-,37+,41-,52-,53-,56-,57+,59-,60+,61+,62+;4-,6-,7-,10-;/m11./s1. The number of aromatic nitrogens is 6.